The largest absolute Gasteiger partial charge is 0.483 e. The molecule has 0 aliphatic carbocycles. The molecule has 0 radical (unpaired) electrons. The number of halogens is 5. The van der Waals surface area contributed by atoms with Gasteiger partial charge in [-0.3, -0.25) is 4.79 Å². The lowest BCUT2D eigenvalue weighted by atomic mass is 10.9. The summed E-state index contributed by atoms with van der Waals surface area (Å²) in [5.74, 6) is 0. The minimum absolute atomic E-state index is 0.234. The SMILES string of the molecule is O=C(F)F.O=CC(Cl)(Cl)Cl. The van der Waals surface area contributed by atoms with Gasteiger partial charge in [0.05, 0.1) is 0 Å². The molecule has 2 nitrogen and oxygen atoms in total. The van der Waals surface area contributed by atoms with Crippen LogP contribution in [-0.4, -0.2) is 16.4 Å². The lowest BCUT2D eigenvalue weighted by molar-refractivity contribution is -0.107. The van der Waals surface area contributed by atoms with Crippen molar-refractivity contribution in [1.29, 1.82) is 0 Å². The van der Waals surface area contributed by atoms with Crippen molar-refractivity contribution in [3.63, 3.8) is 0 Å². The molecule has 7 heteroatoms. The molecule has 0 atom stereocenters. The summed E-state index contributed by atoms with van der Waals surface area (Å²) >= 11 is 14.6. The van der Waals surface area contributed by atoms with Gasteiger partial charge in [-0.05, 0) is 0 Å². The van der Waals surface area contributed by atoms with E-state index >= 15 is 0 Å². The van der Waals surface area contributed by atoms with Crippen LogP contribution in [0.3, 0.4) is 0 Å². The monoisotopic (exact) mass is 212 g/mol. The Balaban J connectivity index is 0. The van der Waals surface area contributed by atoms with Crippen molar-refractivity contribution in [1.82, 2.24) is 0 Å². The maximum Gasteiger partial charge on any atom is 0.483 e. The predicted molar refractivity (Wildman–Crippen MR) is 34.0 cm³/mol. The summed E-state index contributed by atoms with van der Waals surface area (Å²) in [5.41, 5.74) is 0. The number of rotatable bonds is 0. The minimum atomic E-state index is -2.83. The van der Waals surface area contributed by atoms with Crippen LogP contribution in [0.4, 0.5) is 13.6 Å². The van der Waals surface area contributed by atoms with Crippen LogP contribution in [0.5, 0.6) is 0 Å². The van der Waals surface area contributed by atoms with Gasteiger partial charge < -0.3 is 0 Å². The number of alkyl halides is 3. The molecule has 0 saturated carbocycles. The van der Waals surface area contributed by atoms with E-state index in [-0.39, 0.29) is 6.29 Å². The van der Waals surface area contributed by atoms with E-state index in [1.807, 2.05) is 0 Å². The molecule has 0 aliphatic rings. The Hall–Kier alpha value is 0.0700. The molecule has 0 saturated heterocycles. The van der Waals surface area contributed by atoms with E-state index in [2.05, 4.69) is 0 Å². The zero-order chi connectivity index (χ0) is 8.78. The first kappa shape index (κ1) is 12.7. The van der Waals surface area contributed by atoms with Gasteiger partial charge in [-0.2, -0.15) is 0 Å². The molecule has 0 aromatic carbocycles. The summed E-state index contributed by atoms with van der Waals surface area (Å²) in [6.45, 7) is 0. The Morgan fingerprint density at radius 3 is 1.40 bits per heavy atom. The maximum absolute atomic E-state index is 9.69. The van der Waals surface area contributed by atoms with Crippen molar-refractivity contribution < 1.29 is 18.4 Å². The Kier molecular flexibility index (Phi) is 7.41. The molecule has 0 bridgehead atoms. The fraction of sp³-hybridized carbons (Fsp3) is 0.333. The van der Waals surface area contributed by atoms with Crippen molar-refractivity contribution in [2.45, 2.75) is 3.79 Å². The van der Waals surface area contributed by atoms with Crippen molar-refractivity contribution >= 4 is 47.4 Å². The smallest absolute Gasteiger partial charge is 0.299 e. The predicted octanol–water partition coefficient (Wildman–Crippen LogP) is 2.60. The van der Waals surface area contributed by atoms with Crippen LogP contribution in [0.15, 0.2) is 0 Å². The van der Waals surface area contributed by atoms with E-state index < -0.39 is 10.1 Å². The molecule has 0 spiro atoms. The molecule has 0 aromatic heterocycles. The summed E-state index contributed by atoms with van der Waals surface area (Å²) < 4.78 is 17.7. The lowest BCUT2D eigenvalue weighted by Gasteiger charge is -1.93. The number of hydrogen-bond donors (Lipinski definition) is 0. The number of hydrogen-bond acceptors (Lipinski definition) is 2. The van der Waals surface area contributed by atoms with Gasteiger partial charge >= 0.3 is 6.29 Å². The van der Waals surface area contributed by atoms with Gasteiger partial charge in [-0.15, -0.1) is 8.78 Å². The van der Waals surface area contributed by atoms with Crippen LogP contribution in [0, 0.1) is 0 Å². The quantitative estimate of drug-likeness (QED) is 0.352. The highest BCUT2D eigenvalue weighted by molar-refractivity contribution is 6.74. The van der Waals surface area contributed by atoms with E-state index in [0.717, 1.165) is 0 Å². The standard InChI is InChI=1S/C2HCl3O.CF2O/c3-2(4,5)1-6;2-1(3)4/h1H;. The normalized spacial score (nSPS) is 9.30. The Labute approximate surface area is 70.0 Å². The highest BCUT2D eigenvalue weighted by Gasteiger charge is 2.16. The van der Waals surface area contributed by atoms with Gasteiger partial charge in [0.25, 0.3) is 0 Å². The topological polar surface area (TPSA) is 34.1 Å². The van der Waals surface area contributed by atoms with E-state index in [1.54, 1.807) is 0 Å². The molecule has 0 fully saturated rings. The lowest BCUT2D eigenvalue weighted by Crippen LogP contribution is -2.00. The molecule has 0 rings (SSSR count). The summed E-state index contributed by atoms with van der Waals surface area (Å²) in [6, 6.07) is 0. The first-order valence-electron chi connectivity index (χ1n) is 1.67. The van der Waals surface area contributed by atoms with Crippen molar-refractivity contribution in [3.8, 4) is 0 Å². The van der Waals surface area contributed by atoms with Crippen molar-refractivity contribution in [3.05, 3.63) is 0 Å². The number of carbonyl (C=O) groups is 2. The Morgan fingerprint density at radius 1 is 1.30 bits per heavy atom. The molecule has 0 aliphatic heterocycles. The second-order valence-electron chi connectivity index (χ2n) is 0.885. The highest BCUT2D eigenvalue weighted by atomic mass is 35.6. The summed E-state index contributed by atoms with van der Waals surface area (Å²) in [5, 5.41) is 0. The van der Waals surface area contributed by atoms with E-state index in [0.29, 0.717) is 0 Å². The van der Waals surface area contributed by atoms with Crippen LogP contribution < -0.4 is 0 Å². The number of aldehydes is 1. The molecule has 0 heterocycles. The van der Waals surface area contributed by atoms with E-state index in [4.69, 9.17) is 39.6 Å². The second-order valence-corrected chi connectivity index (χ2v) is 3.25. The third kappa shape index (κ3) is 42.8. The first-order valence-corrected chi connectivity index (χ1v) is 2.81. The first-order chi connectivity index (χ1) is 4.29. The van der Waals surface area contributed by atoms with Gasteiger partial charge in [0, 0.05) is 0 Å². The summed E-state index contributed by atoms with van der Waals surface area (Å²) in [4.78, 5) is 17.5. The molecule has 0 amide bonds. The van der Waals surface area contributed by atoms with Gasteiger partial charge in [0.2, 0.25) is 3.79 Å². The molecule has 0 aromatic rings. The average Bonchev–Trinajstić information content (AvgIpc) is 1.63. The van der Waals surface area contributed by atoms with Gasteiger partial charge in [-0.25, -0.2) is 4.79 Å². The van der Waals surface area contributed by atoms with Crippen LogP contribution in [0.2, 0.25) is 0 Å². The van der Waals surface area contributed by atoms with Gasteiger partial charge in [-0.1, -0.05) is 34.8 Å². The third-order valence-corrected chi connectivity index (χ3v) is 0.401. The molecule has 60 valence electrons. The fourth-order valence-electron chi connectivity index (χ4n) is 0. The highest BCUT2D eigenvalue weighted by Crippen LogP contribution is 2.21. The Bertz CT molecular complexity index is 117. The van der Waals surface area contributed by atoms with Gasteiger partial charge in [0.15, 0.2) is 6.29 Å². The maximum atomic E-state index is 9.69. The summed E-state index contributed by atoms with van der Waals surface area (Å²) in [7, 11) is 0. The van der Waals surface area contributed by atoms with Crippen molar-refractivity contribution in [2.24, 2.45) is 0 Å². The van der Waals surface area contributed by atoms with Crippen LogP contribution in [0.1, 0.15) is 0 Å². The zero-order valence-electron chi connectivity index (χ0n) is 4.28. The van der Waals surface area contributed by atoms with Crippen LogP contribution >= 0.6 is 34.8 Å². The summed E-state index contributed by atoms with van der Waals surface area (Å²) in [6.07, 6.45) is -2.60. The van der Waals surface area contributed by atoms with Gasteiger partial charge in [0.1, 0.15) is 0 Å². The van der Waals surface area contributed by atoms with Crippen LogP contribution in [-0.2, 0) is 4.79 Å². The molecular weight excluding hydrogens is 212 g/mol. The van der Waals surface area contributed by atoms with E-state index in [1.165, 1.54) is 0 Å². The molecular formula is C3HCl3F2O2. The van der Waals surface area contributed by atoms with E-state index in [9.17, 15) is 13.6 Å². The van der Waals surface area contributed by atoms with Crippen LogP contribution in [0.25, 0.3) is 0 Å². The zero-order valence-corrected chi connectivity index (χ0v) is 6.55. The minimum Gasteiger partial charge on any atom is -0.299 e. The molecule has 0 N–H and O–H groups in total. The number of carbonyl (C=O) groups excluding carboxylic acids is 2. The Morgan fingerprint density at radius 2 is 1.40 bits per heavy atom. The third-order valence-electron chi connectivity index (χ3n) is 0.134. The average molecular weight is 213 g/mol. The molecule has 0 unspecified atom stereocenters. The molecule has 10 heavy (non-hydrogen) atoms. The second kappa shape index (κ2) is 5.82. The van der Waals surface area contributed by atoms with Crippen molar-refractivity contribution in [2.75, 3.05) is 0 Å². The fourth-order valence-corrected chi connectivity index (χ4v) is 0.